The number of furan rings is 1. The first-order valence-corrected chi connectivity index (χ1v) is 12.0. The molecule has 0 aliphatic carbocycles. The van der Waals surface area contributed by atoms with Crippen molar-refractivity contribution in [1.29, 1.82) is 0 Å². The Morgan fingerprint density at radius 1 is 1.12 bits per heavy atom. The zero-order valence-electron chi connectivity index (χ0n) is 16.3. The molecule has 6 nitrogen and oxygen atoms in total. The van der Waals surface area contributed by atoms with E-state index < -0.39 is 5.91 Å². The summed E-state index contributed by atoms with van der Waals surface area (Å²) in [5, 5.41) is 8.12. The molecule has 2 aromatic carbocycles. The minimum atomic E-state index is -0.411. The Morgan fingerprint density at radius 3 is 2.66 bits per heavy atom. The summed E-state index contributed by atoms with van der Waals surface area (Å²) in [6.45, 7) is 0.683. The molecule has 4 rings (SSSR count). The van der Waals surface area contributed by atoms with Crippen LogP contribution in [0.5, 0.6) is 5.75 Å². The molecule has 0 saturated carbocycles. The van der Waals surface area contributed by atoms with Crippen LogP contribution in [-0.2, 0) is 13.2 Å². The lowest BCUT2D eigenvalue weighted by Gasteiger charge is -2.04. The van der Waals surface area contributed by atoms with Crippen molar-refractivity contribution < 1.29 is 13.9 Å². The molecular formula is C22H15BrCl2IN3O3. The highest BCUT2D eigenvalue weighted by atomic mass is 127. The summed E-state index contributed by atoms with van der Waals surface area (Å²) in [6.07, 6.45) is 1.76. The third kappa shape index (κ3) is 5.86. The number of hydrogen-bond acceptors (Lipinski definition) is 4. The zero-order chi connectivity index (χ0) is 22.7. The zero-order valence-corrected chi connectivity index (χ0v) is 21.6. The van der Waals surface area contributed by atoms with Crippen LogP contribution in [0.25, 0.3) is 0 Å². The number of nitrogens with zero attached hydrogens (tertiary/aromatic N) is 2. The monoisotopic (exact) mass is 645 g/mol. The van der Waals surface area contributed by atoms with Crippen molar-refractivity contribution in [3.8, 4) is 5.75 Å². The molecule has 1 amide bonds. The van der Waals surface area contributed by atoms with Crippen LogP contribution in [0.15, 0.2) is 69.7 Å². The van der Waals surface area contributed by atoms with Crippen molar-refractivity contribution in [2.45, 2.75) is 13.2 Å². The number of ether oxygens (including phenoxy) is 1. The number of aromatic nitrogens is 2. The van der Waals surface area contributed by atoms with Crippen molar-refractivity contribution in [1.82, 2.24) is 9.78 Å². The van der Waals surface area contributed by atoms with E-state index in [0.717, 1.165) is 14.9 Å². The molecule has 0 aliphatic rings. The smallest absolute Gasteiger partial charge is 0.292 e. The fraction of sp³-hybridized carbons (Fsp3) is 0.0909. The van der Waals surface area contributed by atoms with Crippen LogP contribution >= 0.6 is 61.7 Å². The van der Waals surface area contributed by atoms with Crippen molar-refractivity contribution in [3.63, 3.8) is 0 Å². The molecule has 32 heavy (non-hydrogen) atoms. The molecule has 0 unspecified atom stereocenters. The van der Waals surface area contributed by atoms with Gasteiger partial charge in [-0.2, -0.15) is 5.10 Å². The lowest BCUT2D eigenvalue weighted by molar-refractivity contribution is 0.0992. The predicted octanol–water partition coefficient (Wildman–Crippen LogP) is 7.03. The number of halogens is 4. The second-order valence-corrected chi connectivity index (χ2v) is 9.65. The van der Waals surface area contributed by atoms with Gasteiger partial charge in [-0.25, -0.2) is 0 Å². The molecular weight excluding hydrogens is 632 g/mol. The molecule has 10 heteroatoms. The Hall–Kier alpha value is -2.01. The first kappa shape index (κ1) is 23.2. The van der Waals surface area contributed by atoms with E-state index in [4.69, 9.17) is 32.4 Å². The molecule has 0 atom stereocenters. The number of amides is 1. The van der Waals surface area contributed by atoms with Crippen molar-refractivity contribution >= 4 is 73.4 Å². The maximum absolute atomic E-state index is 12.6. The minimum Gasteiger partial charge on any atom is -0.486 e. The van der Waals surface area contributed by atoms with Gasteiger partial charge in [0.05, 0.1) is 21.1 Å². The van der Waals surface area contributed by atoms with Gasteiger partial charge in [0.2, 0.25) is 0 Å². The van der Waals surface area contributed by atoms with E-state index in [2.05, 4.69) is 48.9 Å². The van der Waals surface area contributed by atoms with Crippen LogP contribution in [0.1, 0.15) is 21.9 Å². The average Bonchev–Trinajstić information content (AvgIpc) is 3.37. The van der Waals surface area contributed by atoms with Crippen LogP contribution in [0.4, 0.5) is 5.82 Å². The van der Waals surface area contributed by atoms with E-state index in [-0.39, 0.29) is 12.4 Å². The summed E-state index contributed by atoms with van der Waals surface area (Å²) in [4.78, 5) is 12.6. The van der Waals surface area contributed by atoms with E-state index in [1.54, 1.807) is 35.1 Å². The lowest BCUT2D eigenvalue weighted by atomic mass is 10.2. The maximum atomic E-state index is 12.6. The molecule has 2 aromatic heterocycles. The quantitative estimate of drug-likeness (QED) is 0.219. The highest BCUT2D eigenvalue weighted by Crippen LogP contribution is 2.25. The Balaban J connectivity index is 1.37. The second-order valence-electron chi connectivity index (χ2n) is 6.73. The molecule has 0 spiro atoms. The summed E-state index contributed by atoms with van der Waals surface area (Å²) in [5.74, 6) is 1.40. The highest BCUT2D eigenvalue weighted by Gasteiger charge is 2.16. The predicted molar refractivity (Wildman–Crippen MR) is 136 cm³/mol. The normalized spacial score (nSPS) is 10.9. The maximum Gasteiger partial charge on any atom is 0.292 e. The fourth-order valence-corrected chi connectivity index (χ4v) is 3.91. The third-order valence-corrected chi connectivity index (χ3v) is 6.40. The van der Waals surface area contributed by atoms with Crippen LogP contribution in [0, 0.1) is 3.57 Å². The van der Waals surface area contributed by atoms with Crippen molar-refractivity contribution in [3.05, 3.63) is 96.0 Å². The Labute approximate surface area is 216 Å². The van der Waals surface area contributed by atoms with Gasteiger partial charge in [0, 0.05) is 9.77 Å². The van der Waals surface area contributed by atoms with Crippen LogP contribution < -0.4 is 10.1 Å². The van der Waals surface area contributed by atoms with E-state index in [9.17, 15) is 4.79 Å². The molecule has 0 fully saturated rings. The molecule has 0 saturated heterocycles. The molecule has 1 N–H and O–H groups in total. The van der Waals surface area contributed by atoms with Gasteiger partial charge in [0.25, 0.3) is 5.91 Å². The number of carbonyl (C=O) groups is 1. The summed E-state index contributed by atoms with van der Waals surface area (Å²) >= 11 is 17.7. The van der Waals surface area contributed by atoms with Gasteiger partial charge in [-0.15, -0.1) is 0 Å². The second kappa shape index (κ2) is 10.3. The van der Waals surface area contributed by atoms with E-state index >= 15 is 0 Å². The Morgan fingerprint density at radius 2 is 1.91 bits per heavy atom. The lowest BCUT2D eigenvalue weighted by Crippen LogP contribution is -2.12. The van der Waals surface area contributed by atoms with Gasteiger partial charge in [-0.05, 0) is 92.6 Å². The van der Waals surface area contributed by atoms with Gasteiger partial charge >= 0.3 is 0 Å². The number of benzene rings is 2. The SMILES string of the molecule is O=C(Nc1nn(Cc2ccc(Cl)c(Cl)c2)cc1Br)c1ccc(COc2ccc(I)cc2)o1. The van der Waals surface area contributed by atoms with Crippen LogP contribution in [0.2, 0.25) is 10.0 Å². The van der Waals surface area contributed by atoms with Crippen LogP contribution in [-0.4, -0.2) is 15.7 Å². The van der Waals surface area contributed by atoms with Gasteiger partial charge in [0.1, 0.15) is 18.1 Å². The minimum absolute atomic E-state index is 0.164. The molecule has 2 heterocycles. The van der Waals surface area contributed by atoms with Crippen LogP contribution in [0.3, 0.4) is 0 Å². The molecule has 0 radical (unpaired) electrons. The number of anilines is 1. The fourth-order valence-electron chi connectivity index (χ4n) is 2.82. The molecule has 0 bridgehead atoms. The third-order valence-electron chi connectivity index (χ3n) is 4.36. The standard InChI is InChI=1S/C22H15BrCl2IN3O3/c23-17-11-29(10-13-1-7-18(24)19(25)9-13)28-21(17)27-22(30)20-8-6-16(32-20)12-31-15-4-2-14(26)3-5-15/h1-9,11H,10,12H2,(H,27,28,30). The Kier molecular flexibility index (Phi) is 7.44. The van der Waals surface area contributed by atoms with E-state index in [1.165, 1.54) is 0 Å². The summed E-state index contributed by atoms with van der Waals surface area (Å²) in [7, 11) is 0. The molecule has 0 aliphatic heterocycles. The highest BCUT2D eigenvalue weighted by molar-refractivity contribution is 14.1. The van der Waals surface area contributed by atoms with Gasteiger partial charge in [-0.3, -0.25) is 9.48 Å². The van der Waals surface area contributed by atoms with Crippen molar-refractivity contribution in [2.24, 2.45) is 0 Å². The van der Waals surface area contributed by atoms with Crippen molar-refractivity contribution in [2.75, 3.05) is 5.32 Å². The summed E-state index contributed by atoms with van der Waals surface area (Å²) < 4.78 is 14.7. The summed E-state index contributed by atoms with van der Waals surface area (Å²) in [6, 6.07) is 16.4. The van der Waals surface area contributed by atoms with Gasteiger partial charge < -0.3 is 14.5 Å². The Bertz CT molecular complexity index is 1260. The van der Waals surface area contributed by atoms with Gasteiger partial charge in [0.15, 0.2) is 11.6 Å². The largest absolute Gasteiger partial charge is 0.486 e. The number of carbonyl (C=O) groups excluding carboxylic acids is 1. The first-order valence-electron chi connectivity index (χ1n) is 9.33. The number of hydrogen-bond donors (Lipinski definition) is 1. The molecule has 4 aromatic rings. The first-order chi connectivity index (χ1) is 15.4. The number of rotatable bonds is 7. The number of nitrogens with one attached hydrogen (secondary N) is 1. The van der Waals surface area contributed by atoms with E-state index in [1.807, 2.05) is 30.3 Å². The average molecular weight is 647 g/mol. The molecule has 164 valence electrons. The summed E-state index contributed by atoms with van der Waals surface area (Å²) in [5.41, 5.74) is 0.927. The van der Waals surface area contributed by atoms with E-state index in [0.29, 0.717) is 32.6 Å². The van der Waals surface area contributed by atoms with Gasteiger partial charge in [-0.1, -0.05) is 29.3 Å². The topological polar surface area (TPSA) is 69.3 Å².